The molecule has 1 aliphatic rings. The molecule has 0 heterocycles. The van der Waals surface area contributed by atoms with Gasteiger partial charge in [0.15, 0.2) is 0 Å². The molecule has 0 aromatic rings. The third-order valence-electron chi connectivity index (χ3n) is 2.84. The molecule has 1 N–H and O–H groups in total. The summed E-state index contributed by atoms with van der Waals surface area (Å²) in [4.78, 5) is 12.7. The molecule has 0 saturated heterocycles. The van der Waals surface area contributed by atoms with E-state index in [0.717, 1.165) is 12.8 Å². The van der Waals surface area contributed by atoms with Crippen LogP contribution in [0.1, 0.15) is 32.1 Å². The van der Waals surface area contributed by atoms with Crippen LogP contribution in [-0.2, 0) is 4.79 Å². The van der Waals surface area contributed by atoms with E-state index in [4.69, 9.17) is 5.11 Å². The van der Waals surface area contributed by atoms with Gasteiger partial charge in [0.05, 0.1) is 0 Å². The number of hydrogen-bond donors (Lipinski definition) is 1. The molecule has 0 aliphatic heterocycles. The van der Waals surface area contributed by atoms with E-state index in [2.05, 4.69) is 9.24 Å². The maximum Gasteiger partial charge on any atom is 0.324 e. The highest BCUT2D eigenvalue weighted by Crippen LogP contribution is 2.24. The quantitative estimate of drug-likeness (QED) is 0.707. The molecule has 2 unspecified atom stereocenters. The SMILES string of the molecule is CN(C1CCCCC1)C(P)C(=O)O. The Labute approximate surface area is 81.7 Å². The van der Waals surface area contributed by atoms with E-state index in [1.54, 1.807) is 0 Å². The van der Waals surface area contributed by atoms with E-state index in [1.165, 1.54) is 19.3 Å². The molecule has 1 aliphatic carbocycles. The number of rotatable bonds is 3. The first kappa shape index (κ1) is 10.9. The minimum atomic E-state index is -0.752. The lowest BCUT2D eigenvalue weighted by atomic mass is 9.94. The molecular weight excluding hydrogens is 185 g/mol. The van der Waals surface area contributed by atoms with E-state index < -0.39 is 11.8 Å². The summed E-state index contributed by atoms with van der Waals surface area (Å²) < 4.78 is 0. The van der Waals surface area contributed by atoms with Gasteiger partial charge in [-0.3, -0.25) is 9.69 Å². The first-order valence-electron chi connectivity index (χ1n) is 4.83. The molecule has 76 valence electrons. The minimum Gasteiger partial charge on any atom is -0.480 e. The normalized spacial score (nSPS) is 21.8. The van der Waals surface area contributed by atoms with E-state index in [0.29, 0.717) is 6.04 Å². The van der Waals surface area contributed by atoms with Gasteiger partial charge < -0.3 is 5.11 Å². The molecule has 1 saturated carbocycles. The van der Waals surface area contributed by atoms with Gasteiger partial charge in [0.1, 0.15) is 5.78 Å². The first-order chi connectivity index (χ1) is 6.13. The molecule has 13 heavy (non-hydrogen) atoms. The average molecular weight is 203 g/mol. The fourth-order valence-corrected chi connectivity index (χ4v) is 2.13. The fraction of sp³-hybridized carbons (Fsp3) is 0.889. The lowest BCUT2D eigenvalue weighted by Crippen LogP contribution is -2.42. The third-order valence-corrected chi connectivity index (χ3v) is 3.60. The molecule has 0 aromatic heterocycles. The number of likely N-dealkylation sites (N-methyl/N-ethyl adjacent to an activating group) is 1. The Morgan fingerprint density at radius 3 is 2.46 bits per heavy atom. The zero-order valence-corrected chi connectivity index (χ0v) is 9.22. The zero-order chi connectivity index (χ0) is 9.84. The van der Waals surface area contributed by atoms with E-state index in [1.807, 2.05) is 11.9 Å². The van der Waals surface area contributed by atoms with Crippen LogP contribution in [0.25, 0.3) is 0 Å². The Bertz CT molecular complexity index is 180. The van der Waals surface area contributed by atoms with Crippen LogP contribution in [0, 0.1) is 0 Å². The first-order valence-corrected chi connectivity index (χ1v) is 5.50. The molecule has 3 nitrogen and oxygen atoms in total. The summed E-state index contributed by atoms with van der Waals surface area (Å²) in [7, 11) is 4.29. The van der Waals surface area contributed by atoms with Crippen molar-refractivity contribution < 1.29 is 9.90 Å². The van der Waals surface area contributed by atoms with E-state index in [-0.39, 0.29) is 0 Å². The van der Waals surface area contributed by atoms with Gasteiger partial charge in [0.25, 0.3) is 0 Å². The van der Waals surface area contributed by atoms with Crippen LogP contribution < -0.4 is 0 Å². The molecule has 1 rings (SSSR count). The van der Waals surface area contributed by atoms with Gasteiger partial charge in [-0.2, -0.15) is 0 Å². The van der Waals surface area contributed by atoms with Crippen molar-refractivity contribution in [1.82, 2.24) is 4.90 Å². The van der Waals surface area contributed by atoms with E-state index >= 15 is 0 Å². The van der Waals surface area contributed by atoms with Gasteiger partial charge in [-0.05, 0) is 19.9 Å². The molecule has 0 spiro atoms. The topological polar surface area (TPSA) is 40.5 Å². The average Bonchev–Trinajstić information content (AvgIpc) is 2.17. The van der Waals surface area contributed by atoms with Crippen molar-refractivity contribution in [3.05, 3.63) is 0 Å². The number of carbonyl (C=O) groups is 1. The van der Waals surface area contributed by atoms with Crippen molar-refractivity contribution in [2.24, 2.45) is 0 Å². The van der Waals surface area contributed by atoms with Crippen LogP contribution in [-0.4, -0.2) is 34.8 Å². The van der Waals surface area contributed by atoms with Crippen LogP contribution >= 0.6 is 9.24 Å². The number of carboxylic acids is 1. The highest BCUT2D eigenvalue weighted by atomic mass is 31.0. The van der Waals surface area contributed by atoms with Crippen molar-refractivity contribution in [2.75, 3.05) is 7.05 Å². The lowest BCUT2D eigenvalue weighted by Gasteiger charge is -2.33. The molecular formula is C9H18NO2P. The molecule has 0 aromatic carbocycles. The highest BCUT2D eigenvalue weighted by molar-refractivity contribution is 7.19. The minimum absolute atomic E-state index is 0.428. The van der Waals surface area contributed by atoms with Gasteiger partial charge in [-0.1, -0.05) is 19.3 Å². The van der Waals surface area contributed by atoms with Gasteiger partial charge in [-0.25, -0.2) is 0 Å². The Morgan fingerprint density at radius 1 is 1.46 bits per heavy atom. The van der Waals surface area contributed by atoms with Crippen LogP contribution in [0.15, 0.2) is 0 Å². The van der Waals surface area contributed by atoms with Crippen molar-refractivity contribution in [3.8, 4) is 0 Å². The van der Waals surface area contributed by atoms with Crippen molar-refractivity contribution >= 4 is 15.2 Å². The van der Waals surface area contributed by atoms with Crippen LogP contribution in [0.5, 0.6) is 0 Å². The van der Waals surface area contributed by atoms with Gasteiger partial charge in [-0.15, -0.1) is 9.24 Å². The highest BCUT2D eigenvalue weighted by Gasteiger charge is 2.25. The Balaban J connectivity index is 2.44. The molecule has 4 heteroatoms. The smallest absolute Gasteiger partial charge is 0.324 e. The molecule has 0 bridgehead atoms. The van der Waals surface area contributed by atoms with Gasteiger partial charge >= 0.3 is 5.97 Å². The van der Waals surface area contributed by atoms with Gasteiger partial charge in [0.2, 0.25) is 0 Å². The summed E-state index contributed by atoms with van der Waals surface area (Å²) >= 11 is 0. The molecule has 0 amide bonds. The second-order valence-corrected chi connectivity index (χ2v) is 4.37. The predicted octanol–water partition coefficient (Wildman–Crippen LogP) is 1.54. The largest absolute Gasteiger partial charge is 0.480 e. The summed E-state index contributed by atoms with van der Waals surface area (Å²) in [6, 6.07) is 0.465. The maximum atomic E-state index is 10.7. The lowest BCUT2D eigenvalue weighted by molar-refractivity contribution is -0.140. The second-order valence-electron chi connectivity index (χ2n) is 3.74. The van der Waals surface area contributed by atoms with E-state index in [9.17, 15) is 4.79 Å². The summed E-state index contributed by atoms with van der Waals surface area (Å²) in [5.41, 5.74) is 0. The molecule has 2 atom stereocenters. The molecule has 0 radical (unpaired) electrons. The summed E-state index contributed by atoms with van der Waals surface area (Å²) in [5.74, 6) is -1.18. The fourth-order valence-electron chi connectivity index (χ4n) is 1.89. The third kappa shape index (κ3) is 2.92. The summed E-state index contributed by atoms with van der Waals surface area (Å²) in [5, 5.41) is 8.82. The number of carboxylic acid groups (broad SMARTS) is 1. The summed E-state index contributed by atoms with van der Waals surface area (Å²) in [6.45, 7) is 0. The Morgan fingerprint density at radius 2 is 2.00 bits per heavy atom. The standard InChI is InChI=1S/C9H18NO2P/c1-10(8(13)9(11)12)7-5-3-2-4-6-7/h7-8H,2-6,13H2,1H3,(H,11,12). The molecule has 1 fully saturated rings. The maximum absolute atomic E-state index is 10.7. The number of hydrogen-bond acceptors (Lipinski definition) is 2. The Kier molecular flexibility index (Phi) is 4.14. The second kappa shape index (κ2) is 4.92. The van der Waals surface area contributed by atoms with Crippen molar-refractivity contribution in [1.29, 1.82) is 0 Å². The van der Waals surface area contributed by atoms with Crippen LogP contribution in [0.3, 0.4) is 0 Å². The summed E-state index contributed by atoms with van der Waals surface area (Å²) in [6.07, 6.45) is 6.08. The number of nitrogens with zero attached hydrogens (tertiary/aromatic N) is 1. The number of aliphatic carboxylic acids is 1. The zero-order valence-electron chi connectivity index (χ0n) is 8.07. The van der Waals surface area contributed by atoms with Crippen molar-refractivity contribution in [2.45, 2.75) is 43.9 Å². The Hall–Kier alpha value is -0.140. The van der Waals surface area contributed by atoms with Gasteiger partial charge in [0, 0.05) is 6.04 Å². The van der Waals surface area contributed by atoms with Crippen molar-refractivity contribution in [3.63, 3.8) is 0 Å². The predicted molar refractivity (Wildman–Crippen MR) is 55.8 cm³/mol. The van der Waals surface area contributed by atoms with Crippen LogP contribution in [0.2, 0.25) is 0 Å². The van der Waals surface area contributed by atoms with Crippen LogP contribution in [0.4, 0.5) is 0 Å². The monoisotopic (exact) mass is 203 g/mol.